The van der Waals surface area contributed by atoms with Crippen molar-refractivity contribution in [3.05, 3.63) is 18.2 Å². The van der Waals surface area contributed by atoms with Crippen LogP contribution in [0.3, 0.4) is 0 Å². The van der Waals surface area contributed by atoms with E-state index in [9.17, 15) is 4.79 Å². The zero-order valence-corrected chi connectivity index (χ0v) is 12.4. The molecule has 1 aliphatic heterocycles. The van der Waals surface area contributed by atoms with Crippen molar-refractivity contribution in [3.8, 4) is 11.5 Å². The van der Waals surface area contributed by atoms with Crippen molar-refractivity contribution in [1.82, 2.24) is 5.32 Å². The zero-order valence-electron chi connectivity index (χ0n) is 12.4. The number of hydrogen-bond donors (Lipinski definition) is 2. The fourth-order valence-corrected chi connectivity index (χ4v) is 1.89. The molecule has 5 heteroatoms. The summed E-state index contributed by atoms with van der Waals surface area (Å²) in [6, 6.07) is 5.42. The Hall–Kier alpha value is -1.75. The molecule has 0 saturated heterocycles. The van der Waals surface area contributed by atoms with E-state index in [2.05, 4.69) is 31.4 Å². The maximum atomic E-state index is 12.1. The summed E-state index contributed by atoms with van der Waals surface area (Å²) in [4.78, 5) is 12.1. The first-order valence-corrected chi connectivity index (χ1v) is 6.94. The van der Waals surface area contributed by atoms with Crippen LogP contribution in [0.1, 0.15) is 27.7 Å². The standard InChI is InChI=1S/C15H22N2O3/c1-9(2)10(3)16-11(4)15(18)17-12-5-6-13-14(7-12)20-8-19-13/h5-7,9-11,16H,8H2,1-4H3,(H,17,18)/t10-,11-/m0/s1. The Bertz CT molecular complexity index is 488. The van der Waals surface area contributed by atoms with Gasteiger partial charge in [0.1, 0.15) is 0 Å². The molecule has 0 bridgehead atoms. The first kappa shape index (κ1) is 14.7. The topological polar surface area (TPSA) is 59.6 Å². The zero-order chi connectivity index (χ0) is 14.7. The maximum Gasteiger partial charge on any atom is 0.241 e. The highest BCUT2D eigenvalue weighted by molar-refractivity contribution is 5.94. The van der Waals surface area contributed by atoms with Crippen LogP contribution >= 0.6 is 0 Å². The Morgan fingerprint density at radius 1 is 1.15 bits per heavy atom. The van der Waals surface area contributed by atoms with Crippen LogP contribution in [0.4, 0.5) is 5.69 Å². The lowest BCUT2D eigenvalue weighted by Crippen LogP contribution is -2.44. The summed E-state index contributed by atoms with van der Waals surface area (Å²) in [6.45, 7) is 8.42. The molecule has 0 fully saturated rings. The largest absolute Gasteiger partial charge is 0.454 e. The van der Waals surface area contributed by atoms with E-state index in [0.29, 0.717) is 23.1 Å². The smallest absolute Gasteiger partial charge is 0.241 e. The molecule has 2 atom stereocenters. The van der Waals surface area contributed by atoms with Crippen molar-refractivity contribution < 1.29 is 14.3 Å². The van der Waals surface area contributed by atoms with Gasteiger partial charge >= 0.3 is 0 Å². The second kappa shape index (κ2) is 6.13. The third-order valence-corrected chi connectivity index (χ3v) is 3.55. The summed E-state index contributed by atoms with van der Waals surface area (Å²) in [5.74, 6) is 1.80. The summed E-state index contributed by atoms with van der Waals surface area (Å²) in [7, 11) is 0. The van der Waals surface area contributed by atoms with Crippen molar-refractivity contribution >= 4 is 11.6 Å². The molecule has 1 heterocycles. The summed E-state index contributed by atoms with van der Waals surface area (Å²) >= 11 is 0. The van der Waals surface area contributed by atoms with E-state index in [1.54, 1.807) is 12.1 Å². The van der Waals surface area contributed by atoms with E-state index < -0.39 is 0 Å². The molecule has 0 spiro atoms. The van der Waals surface area contributed by atoms with Gasteiger partial charge in [-0.25, -0.2) is 0 Å². The average Bonchev–Trinajstić information content (AvgIpc) is 2.85. The Kier molecular flexibility index (Phi) is 4.49. The molecule has 0 saturated carbocycles. The number of carbonyl (C=O) groups excluding carboxylic acids is 1. The number of hydrogen-bond acceptors (Lipinski definition) is 4. The van der Waals surface area contributed by atoms with Gasteiger partial charge in [0.25, 0.3) is 0 Å². The fraction of sp³-hybridized carbons (Fsp3) is 0.533. The predicted molar refractivity (Wildman–Crippen MR) is 78.1 cm³/mol. The van der Waals surface area contributed by atoms with E-state index in [1.807, 2.05) is 13.0 Å². The first-order chi connectivity index (χ1) is 9.47. The second-order valence-electron chi connectivity index (χ2n) is 5.48. The normalized spacial score (nSPS) is 16.1. The molecule has 5 nitrogen and oxygen atoms in total. The number of anilines is 1. The second-order valence-corrected chi connectivity index (χ2v) is 5.48. The van der Waals surface area contributed by atoms with E-state index >= 15 is 0 Å². The molecular formula is C15H22N2O3. The van der Waals surface area contributed by atoms with Crippen LogP contribution < -0.4 is 20.1 Å². The fourth-order valence-electron chi connectivity index (χ4n) is 1.89. The molecule has 1 aromatic rings. The number of nitrogens with one attached hydrogen (secondary N) is 2. The van der Waals surface area contributed by atoms with E-state index in [1.165, 1.54) is 0 Å². The van der Waals surface area contributed by atoms with Gasteiger partial charge in [0.15, 0.2) is 11.5 Å². The predicted octanol–water partition coefficient (Wildman–Crippen LogP) is 2.38. The number of fused-ring (bicyclic) bond motifs is 1. The van der Waals surface area contributed by atoms with Gasteiger partial charge in [-0.3, -0.25) is 4.79 Å². The van der Waals surface area contributed by atoms with Crippen LogP contribution in [0.2, 0.25) is 0 Å². The molecular weight excluding hydrogens is 256 g/mol. The van der Waals surface area contributed by atoms with Crippen LogP contribution in [-0.4, -0.2) is 24.8 Å². The van der Waals surface area contributed by atoms with Crippen molar-refractivity contribution in [3.63, 3.8) is 0 Å². The molecule has 1 amide bonds. The first-order valence-electron chi connectivity index (χ1n) is 6.94. The highest BCUT2D eigenvalue weighted by Gasteiger charge is 2.18. The van der Waals surface area contributed by atoms with E-state index in [4.69, 9.17) is 9.47 Å². The van der Waals surface area contributed by atoms with Crippen LogP contribution in [0.25, 0.3) is 0 Å². The van der Waals surface area contributed by atoms with Crippen LogP contribution in [0.5, 0.6) is 11.5 Å². The Morgan fingerprint density at radius 3 is 2.55 bits per heavy atom. The van der Waals surface area contributed by atoms with Gasteiger partial charge in [0.05, 0.1) is 6.04 Å². The van der Waals surface area contributed by atoms with Gasteiger partial charge in [-0.2, -0.15) is 0 Å². The lowest BCUT2D eigenvalue weighted by molar-refractivity contribution is -0.118. The molecule has 20 heavy (non-hydrogen) atoms. The number of carbonyl (C=O) groups is 1. The van der Waals surface area contributed by atoms with Crippen molar-refractivity contribution in [2.24, 2.45) is 5.92 Å². The lowest BCUT2D eigenvalue weighted by atomic mass is 10.1. The van der Waals surface area contributed by atoms with Gasteiger partial charge in [-0.05, 0) is 31.9 Å². The molecule has 0 radical (unpaired) electrons. The molecule has 2 N–H and O–H groups in total. The van der Waals surface area contributed by atoms with E-state index in [-0.39, 0.29) is 24.8 Å². The molecule has 0 aliphatic carbocycles. The minimum absolute atomic E-state index is 0.0589. The van der Waals surface area contributed by atoms with Crippen molar-refractivity contribution in [1.29, 1.82) is 0 Å². The van der Waals surface area contributed by atoms with Crippen LogP contribution in [0.15, 0.2) is 18.2 Å². The van der Waals surface area contributed by atoms with Crippen molar-refractivity contribution in [2.45, 2.75) is 39.8 Å². The number of rotatable bonds is 5. The highest BCUT2D eigenvalue weighted by atomic mass is 16.7. The molecule has 0 unspecified atom stereocenters. The Morgan fingerprint density at radius 2 is 1.85 bits per heavy atom. The summed E-state index contributed by atoms with van der Waals surface area (Å²) in [5.41, 5.74) is 0.713. The van der Waals surface area contributed by atoms with Crippen LogP contribution in [-0.2, 0) is 4.79 Å². The summed E-state index contributed by atoms with van der Waals surface area (Å²) in [6.07, 6.45) is 0. The molecule has 2 rings (SSSR count). The highest BCUT2D eigenvalue weighted by Crippen LogP contribution is 2.34. The van der Waals surface area contributed by atoms with Crippen LogP contribution in [0, 0.1) is 5.92 Å². The summed E-state index contributed by atoms with van der Waals surface area (Å²) in [5, 5.41) is 6.16. The van der Waals surface area contributed by atoms with Gasteiger partial charge in [-0.15, -0.1) is 0 Å². The average molecular weight is 278 g/mol. The van der Waals surface area contributed by atoms with Gasteiger partial charge < -0.3 is 20.1 Å². The Labute approximate surface area is 119 Å². The van der Waals surface area contributed by atoms with Gasteiger partial charge in [-0.1, -0.05) is 13.8 Å². The number of amides is 1. The molecule has 1 aromatic carbocycles. The van der Waals surface area contributed by atoms with Gasteiger partial charge in [0.2, 0.25) is 12.7 Å². The monoisotopic (exact) mass is 278 g/mol. The molecule has 1 aliphatic rings. The minimum Gasteiger partial charge on any atom is -0.454 e. The third kappa shape index (κ3) is 3.42. The lowest BCUT2D eigenvalue weighted by Gasteiger charge is -2.22. The molecule has 110 valence electrons. The quantitative estimate of drug-likeness (QED) is 0.868. The summed E-state index contributed by atoms with van der Waals surface area (Å²) < 4.78 is 10.5. The number of ether oxygens (including phenoxy) is 2. The third-order valence-electron chi connectivity index (χ3n) is 3.55. The maximum absolute atomic E-state index is 12.1. The number of benzene rings is 1. The Balaban J connectivity index is 1.94. The van der Waals surface area contributed by atoms with E-state index in [0.717, 1.165) is 0 Å². The minimum atomic E-state index is -0.252. The SMILES string of the molecule is CC(C)[C@H](C)N[C@@H](C)C(=O)Nc1ccc2c(c1)OCO2. The molecule has 0 aromatic heterocycles. The van der Waals surface area contributed by atoms with Gasteiger partial charge in [0, 0.05) is 17.8 Å². The van der Waals surface area contributed by atoms with Crippen molar-refractivity contribution in [2.75, 3.05) is 12.1 Å².